The van der Waals surface area contributed by atoms with Crippen molar-refractivity contribution in [1.82, 2.24) is 5.32 Å². The Kier molecular flexibility index (Phi) is 6.65. The van der Waals surface area contributed by atoms with Crippen LogP contribution < -0.4 is 20.1 Å². The molecule has 2 N–H and O–H groups in total. The van der Waals surface area contributed by atoms with Gasteiger partial charge in [0.1, 0.15) is 11.5 Å². The molecule has 5 heteroatoms. The van der Waals surface area contributed by atoms with Crippen LogP contribution >= 0.6 is 0 Å². The summed E-state index contributed by atoms with van der Waals surface area (Å²) in [4.78, 5) is 12.5. The zero-order chi connectivity index (χ0) is 19.8. The quantitative estimate of drug-likeness (QED) is 0.623. The first-order valence-corrected chi connectivity index (χ1v) is 9.06. The lowest BCUT2D eigenvalue weighted by molar-refractivity contribution is -0.115. The third-order valence-corrected chi connectivity index (χ3v) is 4.37. The molecular weight excluding hydrogens is 352 g/mol. The first kappa shape index (κ1) is 19.5. The van der Waals surface area contributed by atoms with E-state index in [1.54, 1.807) is 32.4 Å². The van der Waals surface area contributed by atoms with Gasteiger partial charge in [0.15, 0.2) is 0 Å². The van der Waals surface area contributed by atoms with Gasteiger partial charge in [-0.3, -0.25) is 10.1 Å². The Balaban J connectivity index is 1.71. The standard InChI is InChI=1S/C23H24N2O3/c1-27-20-13-19(14-21(15-20)28-2)25-22(26)16-24-23(17-9-5-3-6-10-17)18-11-7-4-8-12-18/h3-15,23-24H,16H2,1-2H3,(H,25,26). The van der Waals surface area contributed by atoms with E-state index in [4.69, 9.17) is 9.47 Å². The topological polar surface area (TPSA) is 59.6 Å². The maximum Gasteiger partial charge on any atom is 0.238 e. The zero-order valence-electron chi connectivity index (χ0n) is 16.0. The molecule has 0 aliphatic rings. The van der Waals surface area contributed by atoms with E-state index in [0.29, 0.717) is 17.2 Å². The predicted octanol–water partition coefficient (Wildman–Crippen LogP) is 4.02. The monoisotopic (exact) mass is 376 g/mol. The summed E-state index contributed by atoms with van der Waals surface area (Å²) in [6.07, 6.45) is 0. The molecule has 144 valence electrons. The van der Waals surface area contributed by atoms with Crippen molar-refractivity contribution >= 4 is 11.6 Å². The number of carbonyl (C=O) groups excluding carboxylic acids is 1. The van der Waals surface area contributed by atoms with Crippen LogP contribution in [0, 0.1) is 0 Å². The Bertz CT molecular complexity index is 836. The molecule has 3 rings (SSSR count). The van der Waals surface area contributed by atoms with Crippen LogP contribution in [0.25, 0.3) is 0 Å². The van der Waals surface area contributed by atoms with E-state index < -0.39 is 0 Å². The molecule has 0 heterocycles. The number of benzene rings is 3. The van der Waals surface area contributed by atoms with Gasteiger partial charge in [-0.15, -0.1) is 0 Å². The SMILES string of the molecule is COc1cc(NC(=O)CNC(c2ccccc2)c2ccccc2)cc(OC)c1. The average Bonchev–Trinajstić information content (AvgIpc) is 2.75. The van der Waals surface area contributed by atoms with Crippen LogP contribution in [0.15, 0.2) is 78.9 Å². The fourth-order valence-corrected chi connectivity index (χ4v) is 3.00. The fourth-order valence-electron chi connectivity index (χ4n) is 3.00. The second-order valence-corrected chi connectivity index (χ2v) is 6.28. The number of hydrogen-bond donors (Lipinski definition) is 2. The number of anilines is 1. The number of hydrogen-bond acceptors (Lipinski definition) is 4. The van der Waals surface area contributed by atoms with Crippen molar-refractivity contribution in [3.05, 3.63) is 90.0 Å². The number of methoxy groups -OCH3 is 2. The molecule has 0 saturated heterocycles. The summed E-state index contributed by atoms with van der Waals surface area (Å²) in [5.41, 5.74) is 2.83. The molecular formula is C23H24N2O3. The summed E-state index contributed by atoms with van der Waals surface area (Å²) in [5, 5.41) is 6.24. The Labute approximate surface area is 165 Å². The van der Waals surface area contributed by atoms with E-state index in [-0.39, 0.29) is 18.5 Å². The Hall–Kier alpha value is -3.31. The maximum absolute atomic E-state index is 12.5. The van der Waals surface area contributed by atoms with E-state index in [9.17, 15) is 4.79 Å². The van der Waals surface area contributed by atoms with Crippen LogP contribution in [-0.4, -0.2) is 26.7 Å². The van der Waals surface area contributed by atoms with Gasteiger partial charge in [-0.25, -0.2) is 0 Å². The fraction of sp³-hybridized carbons (Fsp3) is 0.174. The third kappa shape index (κ3) is 5.11. The van der Waals surface area contributed by atoms with Crippen molar-refractivity contribution in [2.75, 3.05) is 26.1 Å². The number of ether oxygens (including phenoxy) is 2. The Morgan fingerprint density at radius 1 is 0.821 bits per heavy atom. The van der Waals surface area contributed by atoms with Crippen molar-refractivity contribution in [2.24, 2.45) is 0 Å². The Morgan fingerprint density at radius 3 is 1.79 bits per heavy atom. The minimum atomic E-state index is -0.146. The van der Waals surface area contributed by atoms with Gasteiger partial charge in [0.05, 0.1) is 26.8 Å². The highest BCUT2D eigenvalue weighted by molar-refractivity contribution is 5.92. The molecule has 0 radical (unpaired) electrons. The summed E-state index contributed by atoms with van der Waals surface area (Å²) >= 11 is 0. The molecule has 0 atom stereocenters. The normalized spacial score (nSPS) is 10.5. The van der Waals surface area contributed by atoms with Crippen LogP contribution in [0.2, 0.25) is 0 Å². The second-order valence-electron chi connectivity index (χ2n) is 6.28. The lowest BCUT2D eigenvalue weighted by atomic mass is 9.99. The smallest absolute Gasteiger partial charge is 0.238 e. The summed E-state index contributed by atoms with van der Waals surface area (Å²) in [6.45, 7) is 0.161. The molecule has 0 aliphatic heterocycles. The molecule has 3 aromatic carbocycles. The van der Waals surface area contributed by atoms with Crippen LogP contribution in [0.3, 0.4) is 0 Å². The summed E-state index contributed by atoms with van der Waals surface area (Å²) in [7, 11) is 3.15. The lowest BCUT2D eigenvalue weighted by Gasteiger charge is -2.20. The molecule has 0 bridgehead atoms. The van der Waals surface area contributed by atoms with Crippen molar-refractivity contribution in [1.29, 1.82) is 0 Å². The predicted molar refractivity (Wildman–Crippen MR) is 111 cm³/mol. The van der Waals surface area contributed by atoms with Crippen molar-refractivity contribution in [3.8, 4) is 11.5 Å². The van der Waals surface area contributed by atoms with E-state index >= 15 is 0 Å². The lowest BCUT2D eigenvalue weighted by Crippen LogP contribution is -2.31. The molecule has 0 aliphatic carbocycles. The first-order chi connectivity index (χ1) is 13.7. The number of nitrogens with one attached hydrogen (secondary N) is 2. The summed E-state index contributed by atoms with van der Waals surface area (Å²) in [5.74, 6) is 1.09. The molecule has 0 spiro atoms. The van der Waals surface area contributed by atoms with Gasteiger partial charge in [0.25, 0.3) is 0 Å². The van der Waals surface area contributed by atoms with E-state index in [0.717, 1.165) is 11.1 Å². The van der Waals surface area contributed by atoms with E-state index in [2.05, 4.69) is 34.9 Å². The van der Waals surface area contributed by atoms with Gasteiger partial charge >= 0.3 is 0 Å². The summed E-state index contributed by atoms with van der Waals surface area (Å²) < 4.78 is 10.5. The van der Waals surface area contributed by atoms with Crippen LogP contribution in [0.5, 0.6) is 11.5 Å². The molecule has 28 heavy (non-hydrogen) atoms. The number of carbonyl (C=O) groups is 1. The van der Waals surface area contributed by atoms with Crippen LogP contribution in [0.4, 0.5) is 5.69 Å². The van der Waals surface area contributed by atoms with Crippen molar-refractivity contribution in [2.45, 2.75) is 6.04 Å². The van der Waals surface area contributed by atoms with Crippen molar-refractivity contribution < 1.29 is 14.3 Å². The van der Waals surface area contributed by atoms with Gasteiger partial charge in [-0.1, -0.05) is 60.7 Å². The highest BCUT2D eigenvalue weighted by Crippen LogP contribution is 2.26. The van der Waals surface area contributed by atoms with Crippen molar-refractivity contribution in [3.63, 3.8) is 0 Å². The van der Waals surface area contributed by atoms with E-state index in [1.807, 2.05) is 36.4 Å². The minimum Gasteiger partial charge on any atom is -0.497 e. The van der Waals surface area contributed by atoms with Gasteiger partial charge in [0, 0.05) is 23.9 Å². The van der Waals surface area contributed by atoms with Gasteiger partial charge in [-0.2, -0.15) is 0 Å². The molecule has 0 saturated carbocycles. The largest absolute Gasteiger partial charge is 0.497 e. The molecule has 0 unspecified atom stereocenters. The first-order valence-electron chi connectivity index (χ1n) is 9.06. The molecule has 1 amide bonds. The minimum absolute atomic E-state index is 0.0759. The molecule has 0 aromatic heterocycles. The summed E-state index contributed by atoms with van der Waals surface area (Å²) in [6, 6.07) is 25.3. The van der Waals surface area contributed by atoms with Crippen LogP contribution in [-0.2, 0) is 4.79 Å². The Morgan fingerprint density at radius 2 is 1.32 bits per heavy atom. The van der Waals surface area contributed by atoms with Gasteiger partial charge in [0.2, 0.25) is 5.91 Å². The third-order valence-electron chi connectivity index (χ3n) is 4.37. The highest BCUT2D eigenvalue weighted by Gasteiger charge is 2.15. The van der Waals surface area contributed by atoms with Gasteiger partial charge < -0.3 is 14.8 Å². The van der Waals surface area contributed by atoms with E-state index in [1.165, 1.54) is 0 Å². The molecule has 0 fully saturated rings. The second kappa shape index (κ2) is 9.58. The molecule has 5 nitrogen and oxygen atoms in total. The number of amides is 1. The van der Waals surface area contributed by atoms with Gasteiger partial charge in [-0.05, 0) is 11.1 Å². The molecule has 3 aromatic rings. The highest BCUT2D eigenvalue weighted by atomic mass is 16.5. The maximum atomic E-state index is 12.5. The average molecular weight is 376 g/mol. The zero-order valence-corrected chi connectivity index (χ0v) is 16.0. The number of rotatable bonds is 8. The van der Waals surface area contributed by atoms with Crippen LogP contribution in [0.1, 0.15) is 17.2 Å².